The average molecular weight is 272 g/mol. The lowest BCUT2D eigenvalue weighted by Crippen LogP contribution is -2.36. The molecule has 0 spiro atoms. The molecule has 1 unspecified atom stereocenters. The number of likely N-dealkylation sites (tertiary alicyclic amines) is 1. The van der Waals surface area contributed by atoms with Gasteiger partial charge < -0.3 is 10.0 Å². The van der Waals surface area contributed by atoms with Crippen molar-refractivity contribution >= 4 is 0 Å². The van der Waals surface area contributed by atoms with Gasteiger partial charge in [0.05, 0.1) is 12.2 Å². The van der Waals surface area contributed by atoms with E-state index in [1.807, 2.05) is 30.3 Å². The molecule has 0 aliphatic carbocycles. The van der Waals surface area contributed by atoms with Crippen molar-refractivity contribution in [2.24, 2.45) is 5.92 Å². The molecule has 2 rings (SSSR count). The van der Waals surface area contributed by atoms with Crippen LogP contribution in [0.15, 0.2) is 30.3 Å². The molecule has 1 heterocycles. The van der Waals surface area contributed by atoms with Crippen molar-refractivity contribution in [3.63, 3.8) is 0 Å². The minimum absolute atomic E-state index is 0.322. The van der Waals surface area contributed by atoms with Gasteiger partial charge in [-0.05, 0) is 56.8 Å². The lowest BCUT2D eigenvalue weighted by molar-refractivity contribution is 0.0585. The van der Waals surface area contributed by atoms with Crippen molar-refractivity contribution < 1.29 is 5.11 Å². The number of benzene rings is 1. The molecule has 0 amide bonds. The number of hydrogen-bond donors (Lipinski definition) is 1. The number of aliphatic hydroxyl groups is 1. The van der Waals surface area contributed by atoms with Gasteiger partial charge in [0.25, 0.3) is 0 Å². The molecule has 3 heteroatoms. The lowest BCUT2D eigenvalue weighted by Gasteiger charge is -2.34. The summed E-state index contributed by atoms with van der Waals surface area (Å²) in [7, 11) is 0. The molecular weight excluding hydrogens is 248 g/mol. The molecule has 1 saturated heterocycles. The molecule has 0 bridgehead atoms. The first kappa shape index (κ1) is 15.0. The Kier molecular flexibility index (Phi) is 6.04. The zero-order chi connectivity index (χ0) is 14.2. The van der Waals surface area contributed by atoms with Crippen LogP contribution >= 0.6 is 0 Å². The van der Waals surface area contributed by atoms with Gasteiger partial charge in [0, 0.05) is 6.42 Å². The average Bonchev–Trinajstić information content (AvgIpc) is 2.52. The van der Waals surface area contributed by atoms with Gasteiger partial charge in [-0.25, -0.2) is 0 Å². The first-order chi connectivity index (χ1) is 9.81. The Morgan fingerprint density at radius 3 is 2.55 bits per heavy atom. The van der Waals surface area contributed by atoms with Gasteiger partial charge >= 0.3 is 0 Å². The van der Waals surface area contributed by atoms with Gasteiger partial charge in [0.2, 0.25) is 0 Å². The van der Waals surface area contributed by atoms with E-state index in [2.05, 4.69) is 11.0 Å². The summed E-state index contributed by atoms with van der Waals surface area (Å²) < 4.78 is 0. The van der Waals surface area contributed by atoms with E-state index in [1.54, 1.807) is 0 Å². The molecule has 1 atom stereocenters. The molecule has 0 saturated carbocycles. The molecule has 20 heavy (non-hydrogen) atoms. The molecule has 1 aromatic carbocycles. The lowest BCUT2D eigenvalue weighted by atomic mass is 9.87. The van der Waals surface area contributed by atoms with Gasteiger partial charge in [-0.3, -0.25) is 0 Å². The largest absolute Gasteiger partial charge is 0.388 e. The standard InChI is InChI=1S/C17H24N2O/c18-11-5-2-6-12-19-13-9-16(10-14-19)17(20)15-7-3-1-4-8-15/h1,3-4,7-8,16-17,20H,2,5-6,9-10,12-14H2. The minimum atomic E-state index is -0.322. The van der Waals surface area contributed by atoms with Gasteiger partial charge in [0.1, 0.15) is 0 Å². The Hall–Kier alpha value is -1.37. The van der Waals surface area contributed by atoms with E-state index in [9.17, 15) is 5.11 Å². The molecule has 0 aromatic heterocycles. The van der Waals surface area contributed by atoms with Crippen molar-refractivity contribution in [2.45, 2.75) is 38.2 Å². The molecular formula is C17H24N2O. The highest BCUT2D eigenvalue weighted by molar-refractivity contribution is 5.18. The maximum Gasteiger partial charge on any atom is 0.0819 e. The summed E-state index contributed by atoms with van der Waals surface area (Å²) in [6, 6.07) is 12.2. The Bertz CT molecular complexity index is 418. The summed E-state index contributed by atoms with van der Waals surface area (Å²) in [5.74, 6) is 0.382. The Balaban J connectivity index is 1.73. The number of nitriles is 1. The molecule has 1 aromatic rings. The van der Waals surface area contributed by atoms with Crippen LogP contribution in [-0.2, 0) is 0 Å². The summed E-state index contributed by atoms with van der Waals surface area (Å²) in [4.78, 5) is 2.46. The van der Waals surface area contributed by atoms with Gasteiger partial charge in [-0.15, -0.1) is 0 Å². The normalized spacial score (nSPS) is 18.6. The Morgan fingerprint density at radius 1 is 1.20 bits per heavy atom. The fourth-order valence-electron chi connectivity index (χ4n) is 2.95. The molecule has 1 N–H and O–H groups in total. The van der Waals surface area contributed by atoms with Crippen LogP contribution in [-0.4, -0.2) is 29.6 Å². The topological polar surface area (TPSA) is 47.3 Å². The van der Waals surface area contributed by atoms with Crippen LogP contribution in [0.2, 0.25) is 0 Å². The first-order valence-electron chi connectivity index (χ1n) is 7.63. The second-order valence-electron chi connectivity index (χ2n) is 5.65. The van der Waals surface area contributed by atoms with E-state index >= 15 is 0 Å². The minimum Gasteiger partial charge on any atom is -0.388 e. The molecule has 3 nitrogen and oxygen atoms in total. The summed E-state index contributed by atoms with van der Waals surface area (Å²) in [6.07, 6.45) is 4.59. The molecule has 1 aliphatic rings. The third kappa shape index (κ3) is 4.33. The van der Waals surface area contributed by atoms with Crippen LogP contribution in [0, 0.1) is 17.2 Å². The van der Waals surface area contributed by atoms with Crippen molar-refractivity contribution in [3.05, 3.63) is 35.9 Å². The third-order valence-electron chi connectivity index (χ3n) is 4.23. The predicted molar refractivity (Wildman–Crippen MR) is 80.0 cm³/mol. The first-order valence-corrected chi connectivity index (χ1v) is 7.63. The van der Waals surface area contributed by atoms with Crippen molar-refractivity contribution in [1.82, 2.24) is 4.90 Å². The second kappa shape index (κ2) is 8.04. The third-order valence-corrected chi connectivity index (χ3v) is 4.23. The van der Waals surface area contributed by atoms with Crippen LogP contribution in [0.4, 0.5) is 0 Å². The smallest absolute Gasteiger partial charge is 0.0819 e. The quantitative estimate of drug-likeness (QED) is 0.809. The number of hydrogen-bond acceptors (Lipinski definition) is 3. The monoisotopic (exact) mass is 272 g/mol. The number of unbranched alkanes of at least 4 members (excludes halogenated alkanes) is 2. The highest BCUT2D eigenvalue weighted by atomic mass is 16.3. The van der Waals surface area contributed by atoms with Gasteiger partial charge in [0.15, 0.2) is 0 Å². The van der Waals surface area contributed by atoms with E-state index in [0.29, 0.717) is 12.3 Å². The van der Waals surface area contributed by atoms with E-state index in [-0.39, 0.29) is 6.10 Å². The summed E-state index contributed by atoms with van der Waals surface area (Å²) >= 11 is 0. The molecule has 1 aliphatic heterocycles. The summed E-state index contributed by atoms with van der Waals surface area (Å²) in [6.45, 7) is 3.23. The van der Waals surface area contributed by atoms with Crippen LogP contribution in [0.5, 0.6) is 0 Å². The fraction of sp³-hybridized carbons (Fsp3) is 0.588. The fourth-order valence-corrected chi connectivity index (χ4v) is 2.95. The van der Waals surface area contributed by atoms with E-state index in [0.717, 1.165) is 50.9 Å². The number of nitrogens with zero attached hydrogens (tertiary/aromatic N) is 2. The van der Waals surface area contributed by atoms with E-state index in [4.69, 9.17) is 5.26 Å². The van der Waals surface area contributed by atoms with Crippen LogP contribution in [0.1, 0.15) is 43.8 Å². The molecule has 0 radical (unpaired) electrons. The maximum atomic E-state index is 10.4. The summed E-state index contributed by atoms with van der Waals surface area (Å²) in [5, 5.41) is 18.9. The molecule has 1 fully saturated rings. The highest BCUT2D eigenvalue weighted by Crippen LogP contribution is 2.30. The second-order valence-corrected chi connectivity index (χ2v) is 5.65. The van der Waals surface area contributed by atoms with Crippen molar-refractivity contribution in [3.8, 4) is 6.07 Å². The van der Waals surface area contributed by atoms with Crippen molar-refractivity contribution in [2.75, 3.05) is 19.6 Å². The SMILES string of the molecule is N#CCCCCN1CCC(C(O)c2ccccc2)CC1. The Morgan fingerprint density at radius 2 is 1.90 bits per heavy atom. The number of piperidine rings is 1. The maximum absolute atomic E-state index is 10.4. The zero-order valence-electron chi connectivity index (χ0n) is 12.0. The Labute approximate surface area is 121 Å². The van der Waals surface area contributed by atoms with Crippen LogP contribution < -0.4 is 0 Å². The van der Waals surface area contributed by atoms with Crippen molar-refractivity contribution in [1.29, 1.82) is 5.26 Å². The number of rotatable bonds is 6. The van der Waals surface area contributed by atoms with Gasteiger partial charge in [-0.2, -0.15) is 5.26 Å². The van der Waals surface area contributed by atoms with Crippen LogP contribution in [0.25, 0.3) is 0 Å². The zero-order valence-corrected chi connectivity index (χ0v) is 12.0. The highest BCUT2D eigenvalue weighted by Gasteiger charge is 2.25. The predicted octanol–water partition coefficient (Wildman–Crippen LogP) is 3.13. The van der Waals surface area contributed by atoms with E-state index in [1.165, 1.54) is 0 Å². The molecule has 108 valence electrons. The summed E-state index contributed by atoms with van der Waals surface area (Å²) in [5.41, 5.74) is 1.04. The van der Waals surface area contributed by atoms with Gasteiger partial charge in [-0.1, -0.05) is 30.3 Å². The van der Waals surface area contributed by atoms with E-state index < -0.39 is 0 Å². The van der Waals surface area contributed by atoms with Crippen LogP contribution in [0.3, 0.4) is 0 Å². The number of aliphatic hydroxyl groups excluding tert-OH is 1.